The summed E-state index contributed by atoms with van der Waals surface area (Å²) in [7, 11) is 0. The summed E-state index contributed by atoms with van der Waals surface area (Å²) in [5, 5.41) is 20.7. The van der Waals surface area contributed by atoms with Crippen molar-refractivity contribution < 1.29 is 19.4 Å². The molecule has 2 fully saturated rings. The lowest BCUT2D eigenvalue weighted by molar-refractivity contribution is 0.0753. The lowest BCUT2D eigenvalue weighted by Gasteiger charge is -2.15. The largest absolute Gasteiger partial charge is 0.396 e. The summed E-state index contributed by atoms with van der Waals surface area (Å²) >= 11 is 0. The smallest absolute Gasteiger partial charge is 0.277 e. The molecule has 150 valence electrons. The van der Waals surface area contributed by atoms with Gasteiger partial charge in [0.1, 0.15) is 5.65 Å². The first-order chi connectivity index (χ1) is 14.0. The van der Waals surface area contributed by atoms with Crippen molar-refractivity contribution in [1.29, 1.82) is 0 Å². The molecule has 3 heterocycles. The maximum Gasteiger partial charge on any atom is 0.277 e. The van der Waals surface area contributed by atoms with Crippen molar-refractivity contribution in [1.82, 2.24) is 14.3 Å². The third-order valence-electron chi connectivity index (χ3n) is 6.59. The number of aromatic nitrogens is 2. The number of halogens is 1. The number of fused-ring (bicyclic) bond motifs is 1. The third kappa shape index (κ3) is 2.54. The summed E-state index contributed by atoms with van der Waals surface area (Å²) < 4.78 is 16.1. The van der Waals surface area contributed by atoms with Gasteiger partial charge in [0, 0.05) is 31.3 Å². The predicted octanol–water partition coefficient (Wildman–Crippen LogP) is 1.99. The molecule has 1 saturated heterocycles. The van der Waals surface area contributed by atoms with E-state index in [0.717, 1.165) is 11.1 Å². The second kappa shape index (κ2) is 6.37. The van der Waals surface area contributed by atoms with Crippen LogP contribution in [-0.2, 0) is 0 Å². The predicted molar refractivity (Wildman–Crippen MR) is 104 cm³/mol. The van der Waals surface area contributed by atoms with E-state index in [2.05, 4.69) is 4.98 Å². The van der Waals surface area contributed by atoms with Gasteiger partial charge in [-0.1, -0.05) is 36.4 Å². The van der Waals surface area contributed by atoms with Crippen molar-refractivity contribution in [2.75, 3.05) is 19.7 Å². The number of benzene rings is 1. The molecule has 2 aliphatic rings. The molecule has 0 radical (unpaired) electrons. The van der Waals surface area contributed by atoms with Crippen molar-refractivity contribution in [3.05, 3.63) is 71.4 Å². The highest BCUT2D eigenvalue weighted by atomic mass is 19.1. The molecule has 1 aliphatic carbocycles. The average molecular weight is 395 g/mol. The summed E-state index contributed by atoms with van der Waals surface area (Å²) in [6, 6.07) is 13.2. The molecule has 0 unspecified atom stereocenters. The van der Waals surface area contributed by atoms with Gasteiger partial charge in [-0.3, -0.25) is 9.20 Å². The minimum atomic E-state index is -0.781. The van der Waals surface area contributed by atoms with Crippen LogP contribution in [0.15, 0.2) is 48.7 Å². The number of likely N-dealkylation sites (tertiary alicyclic amines) is 1. The van der Waals surface area contributed by atoms with Crippen molar-refractivity contribution in [3.8, 4) is 0 Å². The first-order valence-corrected chi connectivity index (χ1v) is 9.74. The molecule has 3 aromatic rings. The Morgan fingerprint density at radius 1 is 1.28 bits per heavy atom. The zero-order chi connectivity index (χ0) is 20.3. The number of aliphatic hydroxyl groups excluding tert-OH is 2. The van der Waals surface area contributed by atoms with E-state index in [0.29, 0.717) is 5.65 Å². The molecule has 29 heavy (non-hydrogen) atoms. The second-order valence-electron chi connectivity index (χ2n) is 8.18. The maximum atomic E-state index is 14.9. The van der Waals surface area contributed by atoms with Crippen molar-refractivity contribution >= 4 is 11.6 Å². The summed E-state index contributed by atoms with van der Waals surface area (Å²) in [5.74, 6) is -1.39. The highest BCUT2D eigenvalue weighted by molar-refractivity contribution is 5.93. The third-order valence-corrected chi connectivity index (χ3v) is 6.59. The van der Waals surface area contributed by atoms with E-state index in [1.807, 2.05) is 43.3 Å². The molecule has 1 aliphatic heterocycles. The number of β-amino-alcohol motifs (C(OH)–C–C–N with tert-alkyl or cyclic N) is 1. The second-order valence-corrected chi connectivity index (χ2v) is 8.18. The van der Waals surface area contributed by atoms with E-state index in [1.54, 1.807) is 12.3 Å². The van der Waals surface area contributed by atoms with Gasteiger partial charge in [-0.15, -0.1) is 0 Å². The summed E-state index contributed by atoms with van der Waals surface area (Å²) in [6.07, 6.45) is 0.819. The number of pyridine rings is 1. The summed E-state index contributed by atoms with van der Waals surface area (Å²) in [6.45, 7) is 2.14. The quantitative estimate of drug-likeness (QED) is 0.711. The van der Waals surface area contributed by atoms with Gasteiger partial charge in [-0.05, 0) is 36.0 Å². The number of carbonyl (C=O) groups is 1. The van der Waals surface area contributed by atoms with Crippen LogP contribution in [0.1, 0.15) is 27.5 Å². The maximum absolute atomic E-state index is 14.9. The molecule has 0 bridgehead atoms. The van der Waals surface area contributed by atoms with E-state index in [4.69, 9.17) is 0 Å². The van der Waals surface area contributed by atoms with E-state index in [9.17, 15) is 19.4 Å². The van der Waals surface area contributed by atoms with Gasteiger partial charge >= 0.3 is 0 Å². The normalized spacial score (nSPS) is 28.4. The fourth-order valence-corrected chi connectivity index (χ4v) is 5.13. The monoisotopic (exact) mass is 395 g/mol. The van der Waals surface area contributed by atoms with Crippen LogP contribution in [0.4, 0.5) is 4.39 Å². The Kier molecular flexibility index (Phi) is 4.01. The molecular formula is C22H22FN3O3. The van der Waals surface area contributed by atoms with Gasteiger partial charge in [0.05, 0.1) is 6.10 Å². The summed E-state index contributed by atoms with van der Waals surface area (Å²) in [5.41, 5.74) is 1.43. The highest BCUT2D eigenvalue weighted by Gasteiger charge is 2.71. The van der Waals surface area contributed by atoms with Gasteiger partial charge in [0.15, 0.2) is 5.69 Å². The Hall–Kier alpha value is -2.77. The SMILES string of the molecule is Cc1ccc2nc(C(=O)N3C[C@@H](O)[C@@]4(C3)[C@H](CO)[C@H]4c3ccccc3)c(F)n2c1. The molecule has 1 amide bonds. The van der Waals surface area contributed by atoms with E-state index >= 15 is 0 Å². The van der Waals surface area contributed by atoms with Crippen LogP contribution < -0.4 is 0 Å². The Morgan fingerprint density at radius 3 is 2.76 bits per heavy atom. The van der Waals surface area contributed by atoms with Crippen molar-refractivity contribution in [2.45, 2.75) is 18.9 Å². The minimum Gasteiger partial charge on any atom is -0.396 e. The van der Waals surface area contributed by atoms with Gasteiger partial charge < -0.3 is 15.1 Å². The molecule has 1 aromatic carbocycles. The van der Waals surface area contributed by atoms with Gasteiger partial charge in [-0.25, -0.2) is 4.98 Å². The van der Waals surface area contributed by atoms with Crippen molar-refractivity contribution in [2.24, 2.45) is 11.3 Å². The first-order valence-electron chi connectivity index (χ1n) is 9.74. The molecule has 1 spiro atoms. The Labute approximate surface area is 167 Å². The van der Waals surface area contributed by atoms with Crippen LogP contribution in [0.25, 0.3) is 5.65 Å². The number of amides is 1. The number of aliphatic hydroxyl groups is 2. The number of imidazole rings is 1. The highest BCUT2D eigenvalue weighted by Crippen LogP contribution is 2.68. The molecule has 4 atom stereocenters. The number of hydrogen-bond donors (Lipinski definition) is 2. The minimum absolute atomic E-state index is 0.0323. The molecular weight excluding hydrogens is 373 g/mol. The molecule has 6 nitrogen and oxygen atoms in total. The number of aryl methyl sites for hydroxylation is 1. The Balaban J connectivity index is 1.46. The zero-order valence-electron chi connectivity index (χ0n) is 16.0. The fourth-order valence-electron chi connectivity index (χ4n) is 5.13. The van der Waals surface area contributed by atoms with Crippen LogP contribution in [0.3, 0.4) is 0 Å². The fraction of sp³-hybridized carbons (Fsp3) is 0.364. The molecule has 7 heteroatoms. The number of hydrogen-bond acceptors (Lipinski definition) is 4. The zero-order valence-corrected chi connectivity index (χ0v) is 16.0. The van der Waals surface area contributed by atoms with Crippen LogP contribution in [-0.4, -0.2) is 56.2 Å². The number of nitrogens with zero attached hydrogens (tertiary/aromatic N) is 3. The molecule has 2 aromatic heterocycles. The number of carbonyl (C=O) groups excluding carboxylic acids is 1. The van der Waals surface area contributed by atoms with Crippen LogP contribution in [0.2, 0.25) is 0 Å². The summed E-state index contributed by atoms with van der Waals surface area (Å²) in [4.78, 5) is 18.7. The van der Waals surface area contributed by atoms with Gasteiger partial charge in [0.25, 0.3) is 5.91 Å². The molecule has 1 saturated carbocycles. The van der Waals surface area contributed by atoms with E-state index < -0.39 is 23.4 Å². The number of rotatable bonds is 3. The van der Waals surface area contributed by atoms with Gasteiger partial charge in [0.2, 0.25) is 5.95 Å². The van der Waals surface area contributed by atoms with Crippen molar-refractivity contribution in [3.63, 3.8) is 0 Å². The van der Waals surface area contributed by atoms with Crippen LogP contribution in [0.5, 0.6) is 0 Å². The topological polar surface area (TPSA) is 78.1 Å². The first kappa shape index (κ1) is 18.3. The van der Waals surface area contributed by atoms with Crippen LogP contribution in [0, 0.1) is 24.2 Å². The van der Waals surface area contributed by atoms with E-state index in [-0.39, 0.29) is 37.2 Å². The van der Waals surface area contributed by atoms with Gasteiger partial charge in [-0.2, -0.15) is 4.39 Å². The lowest BCUT2D eigenvalue weighted by atomic mass is 9.95. The molecule has 2 N–H and O–H groups in total. The van der Waals surface area contributed by atoms with E-state index in [1.165, 1.54) is 9.30 Å². The standard InChI is InChI=1S/C22H22FN3O3/c1-13-7-8-17-24-19(20(23)26(17)9-13)21(29)25-10-16(28)22(12-25)15(11-27)18(22)14-5-3-2-4-6-14/h2-9,15-16,18,27-28H,10-12H2,1H3/t15-,16-,18-,22-/m1/s1. The molecule has 5 rings (SSSR count). The lowest BCUT2D eigenvalue weighted by Crippen LogP contribution is -2.30. The average Bonchev–Trinajstić information content (AvgIpc) is 3.10. The van der Waals surface area contributed by atoms with Crippen LogP contribution >= 0.6 is 0 Å². The Morgan fingerprint density at radius 2 is 2.03 bits per heavy atom. The Bertz CT molecular complexity index is 1100.